The minimum absolute atomic E-state index is 0.359. The van der Waals surface area contributed by atoms with Gasteiger partial charge in [-0.05, 0) is 30.7 Å². The van der Waals surface area contributed by atoms with Crippen LogP contribution in [-0.4, -0.2) is 10.1 Å². The molecular formula is C13H11Cl2NO2. The Labute approximate surface area is 115 Å². The van der Waals surface area contributed by atoms with Crippen LogP contribution >= 0.6 is 23.2 Å². The van der Waals surface area contributed by atoms with Crippen LogP contribution in [0.15, 0.2) is 36.5 Å². The fraction of sp³-hybridized carbons (Fsp3) is 0.154. The first kappa shape index (κ1) is 13.1. The number of aliphatic hydroxyl groups is 1. The van der Waals surface area contributed by atoms with Crippen molar-refractivity contribution >= 4 is 23.2 Å². The predicted octanol–water partition coefficient (Wildman–Crippen LogP) is 4.23. The molecule has 5 heteroatoms. The lowest BCUT2D eigenvalue weighted by Gasteiger charge is -2.09. The Hall–Kier alpha value is -1.29. The molecule has 1 unspecified atom stereocenters. The van der Waals surface area contributed by atoms with Crippen LogP contribution < -0.4 is 4.74 Å². The summed E-state index contributed by atoms with van der Waals surface area (Å²) >= 11 is 11.9. The summed E-state index contributed by atoms with van der Waals surface area (Å²) in [5.41, 5.74) is 0.721. The van der Waals surface area contributed by atoms with Gasteiger partial charge in [0.05, 0.1) is 11.1 Å². The zero-order chi connectivity index (χ0) is 13.1. The summed E-state index contributed by atoms with van der Waals surface area (Å²) in [6.45, 7) is 1.67. The van der Waals surface area contributed by atoms with Gasteiger partial charge in [0.2, 0.25) is 5.88 Å². The Morgan fingerprint density at radius 2 is 2.00 bits per heavy atom. The van der Waals surface area contributed by atoms with E-state index in [1.54, 1.807) is 43.5 Å². The molecule has 94 valence electrons. The Morgan fingerprint density at radius 3 is 2.72 bits per heavy atom. The smallest absolute Gasteiger partial charge is 0.219 e. The van der Waals surface area contributed by atoms with E-state index >= 15 is 0 Å². The Morgan fingerprint density at radius 1 is 1.22 bits per heavy atom. The molecule has 0 aliphatic rings. The predicted molar refractivity (Wildman–Crippen MR) is 71.4 cm³/mol. The van der Waals surface area contributed by atoms with Crippen molar-refractivity contribution in [2.24, 2.45) is 0 Å². The van der Waals surface area contributed by atoms with Crippen LogP contribution in [0.4, 0.5) is 0 Å². The van der Waals surface area contributed by atoms with Gasteiger partial charge >= 0.3 is 0 Å². The summed E-state index contributed by atoms with van der Waals surface area (Å²) in [4.78, 5) is 4.05. The number of halogens is 2. The molecule has 0 amide bonds. The first-order chi connectivity index (χ1) is 8.56. The molecule has 0 saturated heterocycles. The van der Waals surface area contributed by atoms with Gasteiger partial charge in [-0.15, -0.1) is 0 Å². The lowest BCUT2D eigenvalue weighted by molar-refractivity contribution is 0.198. The van der Waals surface area contributed by atoms with Crippen LogP contribution in [0.5, 0.6) is 11.6 Å². The first-order valence-corrected chi connectivity index (χ1v) is 6.09. The molecule has 18 heavy (non-hydrogen) atoms. The summed E-state index contributed by atoms with van der Waals surface area (Å²) in [5, 5.41) is 10.5. The first-order valence-electron chi connectivity index (χ1n) is 5.33. The Balaban J connectivity index is 2.28. The molecule has 2 aromatic rings. The quantitative estimate of drug-likeness (QED) is 0.916. The number of ether oxygens (including phenoxy) is 1. The minimum atomic E-state index is -0.579. The maximum Gasteiger partial charge on any atom is 0.219 e. The van der Waals surface area contributed by atoms with Crippen molar-refractivity contribution in [3.8, 4) is 11.6 Å². The molecule has 0 fully saturated rings. The van der Waals surface area contributed by atoms with E-state index in [9.17, 15) is 5.11 Å². The zero-order valence-electron chi connectivity index (χ0n) is 9.60. The average molecular weight is 284 g/mol. The lowest BCUT2D eigenvalue weighted by atomic mass is 10.2. The van der Waals surface area contributed by atoms with E-state index in [0.29, 0.717) is 21.7 Å². The van der Waals surface area contributed by atoms with Crippen molar-refractivity contribution in [2.45, 2.75) is 13.0 Å². The monoisotopic (exact) mass is 283 g/mol. The fourth-order valence-electron chi connectivity index (χ4n) is 1.41. The molecule has 0 spiro atoms. The molecule has 1 aromatic heterocycles. The standard InChI is InChI=1S/C13H11Cl2NO2/c1-8(17)9-4-5-16-13(6-9)18-12-7-10(14)2-3-11(12)15/h2-8,17H,1H3. The SMILES string of the molecule is CC(O)c1ccnc(Oc2cc(Cl)ccc2Cl)c1. The van der Waals surface area contributed by atoms with Gasteiger partial charge in [0.15, 0.2) is 0 Å². The topological polar surface area (TPSA) is 42.4 Å². The normalized spacial score (nSPS) is 12.2. The number of hydrogen-bond donors (Lipinski definition) is 1. The molecule has 0 aliphatic carbocycles. The second-order valence-corrected chi connectivity index (χ2v) is 4.62. The highest BCUT2D eigenvalue weighted by Crippen LogP contribution is 2.31. The van der Waals surface area contributed by atoms with Crippen LogP contribution in [0.1, 0.15) is 18.6 Å². The number of aromatic nitrogens is 1. The number of benzene rings is 1. The van der Waals surface area contributed by atoms with Crippen LogP contribution in [-0.2, 0) is 0 Å². The van der Waals surface area contributed by atoms with Crippen LogP contribution in [0.25, 0.3) is 0 Å². The maximum atomic E-state index is 9.48. The van der Waals surface area contributed by atoms with Gasteiger partial charge in [-0.25, -0.2) is 4.98 Å². The van der Waals surface area contributed by atoms with E-state index in [1.165, 1.54) is 0 Å². The number of hydrogen-bond acceptors (Lipinski definition) is 3. The second-order valence-electron chi connectivity index (χ2n) is 3.78. The van der Waals surface area contributed by atoms with Gasteiger partial charge in [0.25, 0.3) is 0 Å². The third-order valence-corrected chi connectivity index (χ3v) is 2.90. The molecule has 3 nitrogen and oxygen atoms in total. The van der Waals surface area contributed by atoms with Crippen molar-refractivity contribution in [1.82, 2.24) is 4.98 Å². The summed E-state index contributed by atoms with van der Waals surface area (Å²) in [5.74, 6) is 0.789. The van der Waals surface area contributed by atoms with E-state index in [0.717, 1.165) is 5.56 Å². The third kappa shape index (κ3) is 3.13. The summed E-state index contributed by atoms with van der Waals surface area (Å²) < 4.78 is 5.54. The number of nitrogens with zero attached hydrogens (tertiary/aromatic N) is 1. The van der Waals surface area contributed by atoms with E-state index in [2.05, 4.69) is 4.98 Å². The van der Waals surface area contributed by atoms with E-state index < -0.39 is 6.10 Å². The maximum absolute atomic E-state index is 9.48. The van der Waals surface area contributed by atoms with Crippen molar-refractivity contribution in [3.63, 3.8) is 0 Å². The number of rotatable bonds is 3. The van der Waals surface area contributed by atoms with Gasteiger partial charge < -0.3 is 9.84 Å². The van der Waals surface area contributed by atoms with Crippen molar-refractivity contribution in [2.75, 3.05) is 0 Å². The van der Waals surface area contributed by atoms with Crippen molar-refractivity contribution < 1.29 is 9.84 Å². The Kier molecular flexibility index (Phi) is 4.07. The van der Waals surface area contributed by atoms with Crippen LogP contribution in [0.2, 0.25) is 10.0 Å². The van der Waals surface area contributed by atoms with Crippen molar-refractivity contribution in [3.05, 3.63) is 52.1 Å². The summed E-state index contributed by atoms with van der Waals surface area (Å²) in [6.07, 6.45) is 0.987. The molecule has 1 heterocycles. The van der Waals surface area contributed by atoms with Gasteiger partial charge in [0, 0.05) is 23.4 Å². The molecule has 0 radical (unpaired) electrons. The molecule has 0 bridgehead atoms. The largest absolute Gasteiger partial charge is 0.437 e. The fourth-order valence-corrected chi connectivity index (χ4v) is 1.73. The molecule has 0 aliphatic heterocycles. The van der Waals surface area contributed by atoms with E-state index in [1.807, 2.05) is 0 Å². The van der Waals surface area contributed by atoms with Gasteiger partial charge in [-0.1, -0.05) is 23.2 Å². The lowest BCUT2D eigenvalue weighted by Crippen LogP contribution is -1.94. The minimum Gasteiger partial charge on any atom is -0.437 e. The Bertz CT molecular complexity index is 558. The average Bonchev–Trinajstić information content (AvgIpc) is 2.34. The van der Waals surface area contributed by atoms with Crippen LogP contribution in [0, 0.1) is 0 Å². The molecule has 1 N–H and O–H groups in total. The van der Waals surface area contributed by atoms with E-state index in [-0.39, 0.29) is 0 Å². The van der Waals surface area contributed by atoms with Gasteiger partial charge in [-0.2, -0.15) is 0 Å². The highest BCUT2D eigenvalue weighted by Gasteiger charge is 2.07. The summed E-state index contributed by atoms with van der Waals surface area (Å²) in [7, 11) is 0. The second kappa shape index (κ2) is 5.57. The van der Waals surface area contributed by atoms with E-state index in [4.69, 9.17) is 27.9 Å². The van der Waals surface area contributed by atoms with Crippen LogP contribution in [0.3, 0.4) is 0 Å². The number of aliphatic hydroxyl groups excluding tert-OH is 1. The summed E-state index contributed by atoms with van der Waals surface area (Å²) in [6, 6.07) is 8.31. The molecule has 1 aromatic carbocycles. The third-order valence-electron chi connectivity index (χ3n) is 2.35. The highest BCUT2D eigenvalue weighted by molar-refractivity contribution is 6.34. The molecular weight excluding hydrogens is 273 g/mol. The van der Waals surface area contributed by atoms with Gasteiger partial charge in [0.1, 0.15) is 5.75 Å². The van der Waals surface area contributed by atoms with Crippen molar-refractivity contribution in [1.29, 1.82) is 0 Å². The molecule has 1 atom stereocenters. The molecule has 2 rings (SSSR count). The number of pyridine rings is 1. The zero-order valence-corrected chi connectivity index (χ0v) is 11.1. The van der Waals surface area contributed by atoms with Gasteiger partial charge in [-0.3, -0.25) is 0 Å². The molecule has 0 saturated carbocycles. The highest BCUT2D eigenvalue weighted by atomic mass is 35.5.